The summed E-state index contributed by atoms with van der Waals surface area (Å²) in [4.78, 5) is 0. The van der Waals surface area contributed by atoms with Crippen molar-refractivity contribution >= 4 is 21.6 Å². The summed E-state index contributed by atoms with van der Waals surface area (Å²) in [6.07, 6.45) is 5.12. The lowest BCUT2D eigenvalue weighted by molar-refractivity contribution is 0.0867. The van der Waals surface area contributed by atoms with Crippen molar-refractivity contribution in [3.63, 3.8) is 0 Å². The molecule has 1 fully saturated rings. The van der Waals surface area contributed by atoms with Gasteiger partial charge in [0.2, 0.25) is 10.0 Å². The van der Waals surface area contributed by atoms with E-state index in [2.05, 4.69) is 4.72 Å². The highest BCUT2D eigenvalue weighted by atomic mass is 35.5. The second-order valence-corrected chi connectivity index (χ2v) is 7.74. The number of sulfonamides is 1. The van der Waals surface area contributed by atoms with E-state index in [1.165, 1.54) is 6.42 Å². The molecule has 108 valence electrons. The molecule has 0 heterocycles. The van der Waals surface area contributed by atoms with Crippen LogP contribution in [0.4, 0.5) is 0 Å². The molecule has 0 aromatic carbocycles. The number of alkyl halides is 1. The lowest BCUT2D eigenvalue weighted by Gasteiger charge is -2.35. The van der Waals surface area contributed by atoms with Crippen LogP contribution in [-0.4, -0.2) is 38.3 Å². The maximum atomic E-state index is 11.8. The standard InChI is InChI=1S/C12H24ClNO3S/c1-11(7-13)8-18(16,17)14-9-12(10-15)5-3-2-4-6-12/h11,14-15H,2-10H2,1H3. The topological polar surface area (TPSA) is 66.4 Å². The number of hydrogen-bond donors (Lipinski definition) is 2. The second-order valence-electron chi connectivity index (χ2n) is 5.58. The number of hydrogen-bond acceptors (Lipinski definition) is 3. The van der Waals surface area contributed by atoms with E-state index in [-0.39, 0.29) is 23.7 Å². The molecule has 1 aliphatic rings. The highest BCUT2D eigenvalue weighted by Crippen LogP contribution is 2.35. The third-order valence-electron chi connectivity index (χ3n) is 3.68. The zero-order valence-corrected chi connectivity index (χ0v) is 12.6. The predicted octanol–water partition coefficient (Wildman–Crippen LogP) is 1.72. The van der Waals surface area contributed by atoms with Crippen LogP contribution < -0.4 is 4.72 Å². The Bertz CT molecular complexity index is 339. The van der Waals surface area contributed by atoms with Crippen LogP contribution in [0.3, 0.4) is 0 Å². The first-order chi connectivity index (χ1) is 8.43. The summed E-state index contributed by atoms with van der Waals surface area (Å²) in [5, 5.41) is 9.51. The summed E-state index contributed by atoms with van der Waals surface area (Å²) in [6.45, 7) is 2.22. The van der Waals surface area contributed by atoms with Gasteiger partial charge in [0.05, 0.1) is 5.75 Å². The van der Waals surface area contributed by atoms with Crippen LogP contribution >= 0.6 is 11.6 Å². The van der Waals surface area contributed by atoms with Gasteiger partial charge in [-0.15, -0.1) is 11.6 Å². The smallest absolute Gasteiger partial charge is 0.211 e. The van der Waals surface area contributed by atoms with Crippen molar-refractivity contribution in [2.24, 2.45) is 11.3 Å². The highest BCUT2D eigenvalue weighted by Gasteiger charge is 2.32. The van der Waals surface area contributed by atoms with Crippen molar-refractivity contribution in [2.75, 3.05) is 24.8 Å². The minimum absolute atomic E-state index is 0.0536. The van der Waals surface area contributed by atoms with Crippen LogP contribution in [0, 0.1) is 11.3 Å². The van der Waals surface area contributed by atoms with Crippen LogP contribution in [-0.2, 0) is 10.0 Å². The Balaban J connectivity index is 2.51. The molecular weight excluding hydrogens is 274 g/mol. The molecule has 0 aromatic rings. The molecule has 1 unspecified atom stereocenters. The molecule has 0 amide bonds. The molecule has 0 aliphatic heterocycles. The van der Waals surface area contributed by atoms with Gasteiger partial charge < -0.3 is 5.11 Å². The molecule has 0 aromatic heterocycles. The largest absolute Gasteiger partial charge is 0.396 e. The van der Waals surface area contributed by atoms with Gasteiger partial charge in [0.25, 0.3) is 0 Å². The van der Waals surface area contributed by atoms with Gasteiger partial charge in [0, 0.05) is 24.4 Å². The van der Waals surface area contributed by atoms with E-state index in [0.29, 0.717) is 12.4 Å². The Morgan fingerprint density at radius 2 is 1.94 bits per heavy atom. The van der Waals surface area contributed by atoms with Crippen LogP contribution in [0.2, 0.25) is 0 Å². The molecule has 18 heavy (non-hydrogen) atoms. The zero-order valence-electron chi connectivity index (χ0n) is 11.0. The number of aliphatic hydroxyl groups excluding tert-OH is 1. The summed E-state index contributed by atoms with van der Waals surface area (Å²) >= 11 is 5.63. The van der Waals surface area contributed by atoms with Crippen molar-refractivity contribution in [1.82, 2.24) is 4.72 Å². The van der Waals surface area contributed by atoms with Crippen molar-refractivity contribution in [3.05, 3.63) is 0 Å². The normalized spacial score (nSPS) is 21.7. The quantitative estimate of drug-likeness (QED) is 0.703. The molecule has 0 spiro atoms. The SMILES string of the molecule is CC(CCl)CS(=O)(=O)NCC1(CO)CCCCC1. The van der Waals surface area contributed by atoms with Crippen LogP contribution in [0.25, 0.3) is 0 Å². The van der Waals surface area contributed by atoms with Crippen LogP contribution in [0.15, 0.2) is 0 Å². The Morgan fingerprint density at radius 3 is 2.44 bits per heavy atom. The van der Waals surface area contributed by atoms with Crippen LogP contribution in [0.1, 0.15) is 39.0 Å². The average Bonchev–Trinajstić information content (AvgIpc) is 2.37. The first-order valence-corrected chi connectivity index (χ1v) is 8.76. The Hall–Kier alpha value is 0.160. The summed E-state index contributed by atoms with van der Waals surface area (Å²) < 4.78 is 26.3. The lowest BCUT2D eigenvalue weighted by Crippen LogP contribution is -2.42. The summed E-state index contributed by atoms with van der Waals surface area (Å²) in [7, 11) is -3.29. The number of nitrogens with one attached hydrogen (secondary N) is 1. The van der Waals surface area contributed by atoms with E-state index in [1.54, 1.807) is 0 Å². The van der Waals surface area contributed by atoms with Crippen molar-refractivity contribution in [1.29, 1.82) is 0 Å². The molecule has 0 radical (unpaired) electrons. The van der Waals surface area contributed by atoms with Gasteiger partial charge in [0.15, 0.2) is 0 Å². The maximum absolute atomic E-state index is 11.8. The minimum atomic E-state index is -3.29. The predicted molar refractivity (Wildman–Crippen MR) is 74.3 cm³/mol. The lowest BCUT2D eigenvalue weighted by atomic mass is 9.75. The van der Waals surface area contributed by atoms with Gasteiger partial charge in [0.1, 0.15) is 0 Å². The Morgan fingerprint density at radius 1 is 1.33 bits per heavy atom. The third-order valence-corrected chi connectivity index (χ3v) is 5.80. The number of halogens is 1. The maximum Gasteiger partial charge on any atom is 0.211 e. The molecule has 2 N–H and O–H groups in total. The second kappa shape index (κ2) is 7.08. The van der Waals surface area contributed by atoms with E-state index >= 15 is 0 Å². The van der Waals surface area contributed by atoms with E-state index < -0.39 is 10.0 Å². The Kier molecular flexibility index (Phi) is 6.38. The molecule has 1 atom stereocenters. The summed E-state index contributed by atoms with van der Waals surface area (Å²) in [6, 6.07) is 0. The third kappa shape index (κ3) is 5.03. The molecule has 0 bridgehead atoms. The van der Waals surface area contributed by atoms with E-state index in [9.17, 15) is 13.5 Å². The number of rotatable bonds is 7. The average molecular weight is 298 g/mol. The van der Waals surface area contributed by atoms with E-state index in [1.807, 2.05) is 6.92 Å². The zero-order chi connectivity index (χ0) is 13.6. The van der Waals surface area contributed by atoms with Crippen LogP contribution in [0.5, 0.6) is 0 Å². The number of aliphatic hydroxyl groups is 1. The van der Waals surface area contributed by atoms with Crippen molar-refractivity contribution in [2.45, 2.75) is 39.0 Å². The first kappa shape index (κ1) is 16.2. The Labute approximate surface area is 115 Å². The molecule has 1 saturated carbocycles. The van der Waals surface area contributed by atoms with Gasteiger partial charge in [-0.3, -0.25) is 0 Å². The van der Waals surface area contributed by atoms with Gasteiger partial charge in [-0.05, 0) is 18.8 Å². The van der Waals surface area contributed by atoms with E-state index in [4.69, 9.17) is 11.6 Å². The molecule has 0 saturated heterocycles. The fourth-order valence-electron chi connectivity index (χ4n) is 2.43. The fourth-order valence-corrected chi connectivity index (χ4v) is 4.18. The monoisotopic (exact) mass is 297 g/mol. The molecular formula is C12H24ClNO3S. The molecule has 1 aliphatic carbocycles. The van der Waals surface area contributed by atoms with Gasteiger partial charge in [-0.2, -0.15) is 0 Å². The van der Waals surface area contributed by atoms with Crippen molar-refractivity contribution in [3.8, 4) is 0 Å². The van der Waals surface area contributed by atoms with E-state index in [0.717, 1.165) is 25.7 Å². The fraction of sp³-hybridized carbons (Fsp3) is 1.00. The van der Waals surface area contributed by atoms with Gasteiger partial charge >= 0.3 is 0 Å². The highest BCUT2D eigenvalue weighted by molar-refractivity contribution is 7.89. The summed E-state index contributed by atoms with van der Waals surface area (Å²) in [5.41, 5.74) is -0.254. The van der Waals surface area contributed by atoms with Crippen molar-refractivity contribution < 1.29 is 13.5 Å². The molecule has 1 rings (SSSR count). The molecule has 6 heteroatoms. The van der Waals surface area contributed by atoms with Gasteiger partial charge in [-0.25, -0.2) is 13.1 Å². The first-order valence-electron chi connectivity index (χ1n) is 6.57. The summed E-state index contributed by atoms with van der Waals surface area (Å²) in [5.74, 6) is 0.338. The minimum Gasteiger partial charge on any atom is -0.396 e. The molecule has 4 nitrogen and oxygen atoms in total. The van der Waals surface area contributed by atoms with Gasteiger partial charge in [-0.1, -0.05) is 26.2 Å².